The zero-order valence-corrected chi connectivity index (χ0v) is 16.2. The molecule has 0 N–H and O–H groups in total. The Hall–Kier alpha value is -3.11. The van der Waals surface area contributed by atoms with Crippen molar-refractivity contribution in [2.24, 2.45) is 0 Å². The molecule has 29 heavy (non-hydrogen) atoms. The third-order valence-electron chi connectivity index (χ3n) is 5.72. The molecule has 0 saturated carbocycles. The maximum absolute atomic E-state index is 13.2. The van der Waals surface area contributed by atoms with Crippen molar-refractivity contribution in [3.63, 3.8) is 0 Å². The van der Waals surface area contributed by atoms with Crippen LogP contribution in [0, 0.1) is 0 Å². The highest BCUT2D eigenvalue weighted by Gasteiger charge is 2.45. The summed E-state index contributed by atoms with van der Waals surface area (Å²) < 4.78 is 12.0. The summed E-state index contributed by atoms with van der Waals surface area (Å²) in [6, 6.07) is 26.2. The topological polar surface area (TPSA) is 38.8 Å². The molecule has 4 heteroatoms. The highest BCUT2D eigenvalue weighted by Crippen LogP contribution is 2.39. The van der Waals surface area contributed by atoms with E-state index in [0.717, 1.165) is 28.0 Å². The number of benzene rings is 3. The molecule has 2 aliphatic heterocycles. The largest absolute Gasteiger partial charge is 0.489 e. The molecule has 1 amide bonds. The first-order chi connectivity index (χ1) is 14.3. The summed E-state index contributed by atoms with van der Waals surface area (Å²) in [7, 11) is 0. The quantitative estimate of drug-likeness (QED) is 0.658. The molecule has 3 aromatic rings. The van der Waals surface area contributed by atoms with Crippen molar-refractivity contribution in [3.8, 4) is 5.75 Å². The molecule has 2 heterocycles. The number of carbonyl (C=O) groups is 1. The molecule has 0 aliphatic carbocycles. The predicted molar refractivity (Wildman–Crippen MR) is 110 cm³/mol. The van der Waals surface area contributed by atoms with Crippen LogP contribution in [0.5, 0.6) is 5.75 Å². The van der Waals surface area contributed by atoms with Gasteiger partial charge in [-0.1, -0.05) is 66.7 Å². The number of hydrogen-bond donors (Lipinski definition) is 0. The van der Waals surface area contributed by atoms with Crippen LogP contribution >= 0.6 is 0 Å². The highest BCUT2D eigenvalue weighted by molar-refractivity contribution is 5.87. The molecule has 5 rings (SSSR count). The molecule has 4 nitrogen and oxygen atoms in total. The maximum Gasteiger partial charge on any atom is 0.233 e. The van der Waals surface area contributed by atoms with Gasteiger partial charge in [0.1, 0.15) is 12.4 Å². The lowest BCUT2D eigenvalue weighted by atomic mass is 9.89. The lowest BCUT2D eigenvalue weighted by Gasteiger charge is -2.26. The van der Waals surface area contributed by atoms with Crippen LogP contribution in [-0.2, 0) is 29.3 Å². The van der Waals surface area contributed by atoms with E-state index in [9.17, 15) is 4.79 Å². The normalized spacial score (nSPS) is 20.3. The van der Waals surface area contributed by atoms with E-state index in [1.165, 1.54) is 0 Å². The molecular weight excluding hydrogens is 362 g/mol. The second-order valence-corrected chi connectivity index (χ2v) is 7.67. The number of fused-ring (bicyclic) bond motifs is 3. The Morgan fingerprint density at radius 3 is 2.41 bits per heavy atom. The summed E-state index contributed by atoms with van der Waals surface area (Å²) in [5.74, 6) is 0.685. The average Bonchev–Trinajstić information content (AvgIpc) is 3.09. The molecule has 0 radical (unpaired) electrons. The molecule has 0 aromatic heterocycles. The molecule has 1 fully saturated rings. The summed E-state index contributed by atoms with van der Waals surface area (Å²) in [6.45, 7) is 2.31. The van der Waals surface area contributed by atoms with Crippen molar-refractivity contribution in [2.45, 2.75) is 31.8 Å². The predicted octanol–water partition coefficient (Wildman–Crippen LogP) is 4.29. The first kappa shape index (κ1) is 18.0. The molecule has 2 unspecified atom stereocenters. The van der Waals surface area contributed by atoms with Gasteiger partial charge in [-0.2, -0.15) is 0 Å². The van der Waals surface area contributed by atoms with Crippen molar-refractivity contribution < 1.29 is 14.3 Å². The van der Waals surface area contributed by atoms with Gasteiger partial charge in [0.2, 0.25) is 5.91 Å². The van der Waals surface area contributed by atoms with Gasteiger partial charge in [0.25, 0.3) is 0 Å². The first-order valence-corrected chi connectivity index (χ1v) is 10.0. The molecule has 146 valence electrons. The lowest BCUT2D eigenvalue weighted by molar-refractivity contribution is -0.130. The number of carbonyl (C=O) groups excluding carboxylic acids is 1. The third-order valence-corrected chi connectivity index (χ3v) is 5.72. The Labute approximate surface area is 170 Å². The Morgan fingerprint density at radius 2 is 1.66 bits per heavy atom. The fraction of sp³-hybridized carbons (Fsp3) is 0.240. The van der Waals surface area contributed by atoms with Crippen LogP contribution in [-0.4, -0.2) is 23.5 Å². The van der Waals surface area contributed by atoms with Crippen molar-refractivity contribution in [1.82, 2.24) is 4.90 Å². The summed E-state index contributed by atoms with van der Waals surface area (Å²) in [5, 5.41) is 0. The van der Waals surface area contributed by atoms with Crippen LogP contribution in [0.1, 0.15) is 28.2 Å². The van der Waals surface area contributed by atoms with Crippen molar-refractivity contribution in [1.29, 1.82) is 0 Å². The van der Waals surface area contributed by atoms with Gasteiger partial charge in [-0.3, -0.25) is 4.79 Å². The van der Waals surface area contributed by atoms with Crippen molar-refractivity contribution in [3.05, 3.63) is 101 Å². The smallest absolute Gasteiger partial charge is 0.233 e. The fourth-order valence-electron chi connectivity index (χ4n) is 4.22. The lowest BCUT2D eigenvalue weighted by Crippen LogP contribution is -2.28. The van der Waals surface area contributed by atoms with E-state index in [2.05, 4.69) is 12.1 Å². The number of likely N-dealkylation sites (tertiary alicyclic amines) is 1. The van der Waals surface area contributed by atoms with E-state index in [1.807, 2.05) is 71.6 Å². The molecule has 2 aliphatic rings. The second-order valence-electron chi connectivity index (χ2n) is 7.67. The SMILES string of the molecule is O=C1C2c3cc(OCc4ccccc4)ccc3COC2CN1Cc1ccccc1. The number of ether oxygens (including phenoxy) is 2. The minimum Gasteiger partial charge on any atom is -0.489 e. The Kier molecular flexibility index (Phi) is 4.78. The van der Waals surface area contributed by atoms with Crippen LogP contribution in [0.2, 0.25) is 0 Å². The average molecular weight is 385 g/mol. The maximum atomic E-state index is 13.2. The standard InChI is InChI=1S/C25H23NO3/c27-25-24-22-13-21(28-16-19-9-5-2-6-10-19)12-11-20(22)17-29-23(24)15-26(25)14-18-7-3-1-4-8-18/h1-13,23-24H,14-17H2. The summed E-state index contributed by atoms with van der Waals surface area (Å²) in [6.07, 6.45) is -0.0944. The van der Waals surface area contributed by atoms with Crippen LogP contribution in [0.15, 0.2) is 78.9 Å². The Bertz CT molecular complexity index is 1000. The van der Waals surface area contributed by atoms with E-state index in [1.54, 1.807) is 0 Å². The van der Waals surface area contributed by atoms with E-state index < -0.39 is 0 Å². The van der Waals surface area contributed by atoms with Crippen LogP contribution in [0.4, 0.5) is 0 Å². The zero-order chi connectivity index (χ0) is 19.6. The summed E-state index contributed by atoms with van der Waals surface area (Å²) >= 11 is 0. The van der Waals surface area contributed by atoms with Gasteiger partial charge in [-0.25, -0.2) is 0 Å². The molecule has 3 aromatic carbocycles. The van der Waals surface area contributed by atoms with Gasteiger partial charge >= 0.3 is 0 Å². The molecule has 0 spiro atoms. The van der Waals surface area contributed by atoms with Gasteiger partial charge in [0.15, 0.2) is 0 Å². The van der Waals surface area contributed by atoms with E-state index in [0.29, 0.717) is 26.3 Å². The zero-order valence-electron chi connectivity index (χ0n) is 16.2. The van der Waals surface area contributed by atoms with Crippen LogP contribution in [0.3, 0.4) is 0 Å². The molecular formula is C25H23NO3. The minimum atomic E-state index is -0.247. The van der Waals surface area contributed by atoms with Crippen LogP contribution in [0.25, 0.3) is 0 Å². The number of nitrogens with zero attached hydrogens (tertiary/aromatic N) is 1. The summed E-state index contributed by atoms with van der Waals surface area (Å²) in [5.41, 5.74) is 4.39. The number of rotatable bonds is 5. The van der Waals surface area contributed by atoms with E-state index in [4.69, 9.17) is 9.47 Å². The summed E-state index contributed by atoms with van der Waals surface area (Å²) in [4.78, 5) is 15.1. The van der Waals surface area contributed by atoms with E-state index >= 15 is 0 Å². The van der Waals surface area contributed by atoms with Crippen LogP contribution < -0.4 is 4.74 Å². The van der Waals surface area contributed by atoms with Gasteiger partial charge in [0.05, 0.1) is 18.6 Å². The molecule has 0 bridgehead atoms. The fourth-order valence-corrected chi connectivity index (χ4v) is 4.22. The minimum absolute atomic E-state index is 0.0944. The highest BCUT2D eigenvalue weighted by atomic mass is 16.5. The molecule has 1 saturated heterocycles. The van der Waals surface area contributed by atoms with Crippen molar-refractivity contribution >= 4 is 5.91 Å². The molecule has 2 atom stereocenters. The Balaban J connectivity index is 1.35. The van der Waals surface area contributed by atoms with Crippen molar-refractivity contribution in [2.75, 3.05) is 6.54 Å². The van der Waals surface area contributed by atoms with Gasteiger partial charge < -0.3 is 14.4 Å². The second kappa shape index (κ2) is 7.72. The van der Waals surface area contributed by atoms with Gasteiger partial charge in [-0.15, -0.1) is 0 Å². The first-order valence-electron chi connectivity index (χ1n) is 10.0. The Morgan fingerprint density at radius 1 is 0.931 bits per heavy atom. The monoisotopic (exact) mass is 385 g/mol. The van der Waals surface area contributed by atoms with Gasteiger partial charge in [0, 0.05) is 13.1 Å². The van der Waals surface area contributed by atoms with E-state index in [-0.39, 0.29) is 17.9 Å². The number of hydrogen-bond acceptors (Lipinski definition) is 3. The third kappa shape index (κ3) is 3.64. The van der Waals surface area contributed by atoms with Gasteiger partial charge in [-0.05, 0) is 34.4 Å². The number of amides is 1.